The Hall–Kier alpha value is -0.580. The molecule has 0 rings (SSSR count). The smallest absolute Gasteiger partial charge is 0.121 e. The lowest BCUT2D eigenvalue weighted by Gasteiger charge is -1.93. The van der Waals surface area contributed by atoms with Crippen LogP contribution < -0.4 is 0 Å². The molecular formula is C15H28Cl2O. The van der Waals surface area contributed by atoms with Crippen LogP contribution >= 0.6 is 23.2 Å². The number of halogens is 2. The maximum atomic E-state index is 8.55. The van der Waals surface area contributed by atoms with E-state index in [1.807, 2.05) is 13.8 Å². The van der Waals surface area contributed by atoms with Gasteiger partial charge in [-0.15, -0.1) is 24.4 Å². The minimum Gasteiger partial charge on any atom is -0.510 e. The van der Waals surface area contributed by atoms with Gasteiger partial charge >= 0.3 is 0 Å². The summed E-state index contributed by atoms with van der Waals surface area (Å²) < 4.78 is 0. The quantitative estimate of drug-likeness (QED) is 0.281. The van der Waals surface area contributed by atoms with E-state index in [9.17, 15) is 0 Å². The molecule has 0 radical (unpaired) electrons. The molecule has 0 aliphatic rings. The van der Waals surface area contributed by atoms with Gasteiger partial charge in [0.05, 0.1) is 10.9 Å². The zero-order valence-electron chi connectivity index (χ0n) is 12.6. The molecule has 0 spiro atoms. The Morgan fingerprint density at radius 3 is 1.50 bits per heavy atom. The predicted molar refractivity (Wildman–Crippen MR) is 87.5 cm³/mol. The van der Waals surface area contributed by atoms with Crippen molar-refractivity contribution in [3.05, 3.63) is 22.4 Å². The number of terminal acetylenes is 1. The van der Waals surface area contributed by atoms with Crippen molar-refractivity contribution in [1.82, 2.24) is 0 Å². The Bertz CT molecular complexity index is 218. The lowest BCUT2D eigenvalue weighted by molar-refractivity contribution is 0.413. The summed E-state index contributed by atoms with van der Waals surface area (Å²) in [5.74, 6) is 0.137. The molecule has 3 heteroatoms. The van der Waals surface area contributed by atoms with Crippen molar-refractivity contribution in [2.45, 2.75) is 54.4 Å². The van der Waals surface area contributed by atoms with Gasteiger partial charge in [-0.05, 0) is 26.7 Å². The van der Waals surface area contributed by atoms with Crippen LogP contribution in [-0.4, -0.2) is 11.0 Å². The molecule has 1 nitrogen and oxygen atoms in total. The summed E-state index contributed by atoms with van der Waals surface area (Å²) in [7, 11) is 0. The van der Waals surface area contributed by atoms with Gasteiger partial charge in [-0.2, -0.15) is 0 Å². The highest BCUT2D eigenvalue weighted by Gasteiger charge is 1.90. The normalized spacial score (nSPS) is 9.00. The van der Waals surface area contributed by atoms with Crippen molar-refractivity contribution < 1.29 is 5.11 Å². The van der Waals surface area contributed by atoms with Crippen LogP contribution in [0.25, 0.3) is 0 Å². The third kappa shape index (κ3) is 24.6. The van der Waals surface area contributed by atoms with Gasteiger partial charge in [-0.1, -0.05) is 50.9 Å². The average Bonchev–Trinajstić information content (AvgIpc) is 2.44. The highest BCUT2D eigenvalue weighted by molar-refractivity contribution is 6.30. The molecule has 0 aliphatic carbocycles. The van der Waals surface area contributed by atoms with Crippen molar-refractivity contribution in [2.75, 3.05) is 5.88 Å². The number of hydrogen-bond acceptors (Lipinski definition) is 1. The largest absolute Gasteiger partial charge is 0.510 e. The summed E-state index contributed by atoms with van der Waals surface area (Å²) in [5.41, 5.74) is 1.56. The lowest BCUT2D eigenvalue weighted by Crippen LogP contribution is -1.81. The molecule has 0 unspecified atom stereocenters. The third-order valence-corrected chi connectivity index (χ3v) is 2.31. The Morgan fingerprint density at radius 1 is 1.17 bits per heavy atom. The SMILES string of the molecule is C#C.C/C(Cl)=C(/O)CCl.CC.CC=C(CC)CC. The molecule has 0 atom stereocenters. The van der Waals surface area contributed by atoms with E-state index < -0.39 is 0 Å². The summed E-state index contributed by atoms with van der Waals surface area (Å²) >= 11 is 10.4. The first-order valence-corrected chi connectivity index (χ1v) is 7.02. The highest BCUT2D eigenvalue weighted by Crippen LogP contribution is 2.05. The van der Waals surface area contributed by atoms with Crippen LogP contribution in [0.2, 0.25) is 0 Å². The highest BCUT2D eigenvalue weighted by atomic mass is 35.5. The van der Waals surface area contributed by atoms with Crippen LogP contribution in [0, 0.1) is 12.8 Å². The molecule has 0 aromatic rings. The molecule has 0 heterocycles. The summed E-state index contributed by atoms with van der Waals surface area (Å²) in [6, 6.07) is 0. The molecule has 0 saturated carbocycles. The number of hydrogen-bond donors (Lipinski definition) is 1. The van der Waals surface area contributed by atoms with Gasteiger partial charge in [-0.25, -0.2) is 0 Å². The molecular weight excluding hydrogens is 267 g/mol. The monoisotopic (exact) mass is 294 g/mol. The van der Waals surface area contributed by atoms with E-state index in [2.05, 4.69) is 39.7 Å². The first-order chi connectivity index (χ1) is 8.53. The average molecular weight is 295 g/mol. The second-order valence-electron chi connectivity index (χ2n) is 2.77. The summed E-state index contributed by atoms with van der Waals surface area (Å²) in [6.07, 6.45) is 12.6. The molecule has 18 heavy (non-hydrogen) atoms. The number of alkyl halides is 1. The van der Waals surface area contributed by atoms with Gasteiger partial charge in [0.1, 0.15) is 5.76 Å². The van der Waals surface area contributed by atoms with E-state index in [0.29, 0.717) is 5.03 Å². The summed E-state index contributed by atoms with van der Waals surface area (Å²) in [4.78, 5) is 0. The fourth-order valence-electron chi connectivity index (χ4n) is 0.750. The molecule has 0 saturated heterocycles. The number of allylic oxidation sites excluding steroid dienone is 4. The minimum absolute atomic E-state index is 0.0448. The first kappa shape index (κ1) is 26.1. The summed E-state index contributed by atoms with van der Waals surface area (Å²) in [5, 5.41) is 8.91. The molecule has 0 aromatic heterocycles. The number of aliphatic hydroxyl groups is 1. The first-order valence-electron chi connectivity index (χ1n) is 6.10. The fourth-order valence-corrected chi connectivity index (χ4v) is 1.09. The van der Waals surface area contributed by atoms with E-state index in [-0.39, 0.29) is 11.6 Å². The minimum atomic E-state index is 0.0448. The molecule has 0 amide bonds. The van der Waals surface area contributed by atoms with Crippen molar-refractivity contribution in [3.8, 4) is 12.8 Å². The maximum absolute atomic E-state index is 8.55. The summed E-state index contributed by atoms with van der Waals surface area (Å²) in [6.45, 7) is 12.1. The maximum Gasteiger partial charge on any atom is 0.121 e. The molecule has 0 aliphatic heterocycles. The second kappa shape index (κ2) is 25.3. The van der Waals surface area contributed by atoms with Crippen molar-refractivity contribution in [1.29, 1.82) is 0 Å². The number of aliphatic hydroxyl groups excluding tert-OH is 1. The van der Waals surface area contributed by atoms with Crippen LogP contribution in [0.3, 0.4) is 0 Å². The van der Waals surface area contributed by atoms with Crippen molar-refractivity contribution >= 4 is 23.2 Å². The zero-order chi connectivity index (χ0) is 15.6. The molecule has 0 bridgehead atoms. The van der Waals surface area contributed by atoms with Crippen molar-refractivity contribution in [2.24, 2.45) is 0 Å². The van der Waals surface area contributed by atoms with Crippen LogP contribution in [0.5, 0.6) is 0 Å². The molecule has 108 valence electrons. The van der Waals surface area contributed by atoms with Gasteiger partial charge in [0.2, 0.25) is 0 Å². The van der Waals surface area contributed by atoms with E-state index in [4.69, 9.17) is 28.3 Å². The fraction of sp³-hybridized carbons (Fsp3) is 0.600. The topological polar surface area (TPSA) is 20.2 Å². The molecule has 0 aromatic carbocycles. The zero-order valence-corrected chi connectivity index (χ0v) is 14.1. The van der Waals surface area contributed by atoms with E-state index in [1.165, 1.54) is 12.8 Å². The Balaban J connectivity index is -0.0000000851. The van der Waals surface area contributed by atoms with E-state index in [1.54, 1.807) is 12.5 Å². The van der Waals surface area contributed by atoms with Crippen LogP contribution in [-0.2, 0) is 0 Å². The van der Waals surface area contributed by atoms with Crippen LogP contribution in [0.15, 0.2) is 22.4 Å². The van der Waals surface area contributed by atoms with E-state index >= 15 is 0 Å². The Morgan fingerprint density at radius 2 is 1.50 bits per heavy atom. The van der Waals surface area contributed by atoms with Gasteiger partial charge < -0.3 is 5.11 Å². The van der Waals surface area contributed by atoms with Crippen molar-refractivity contribution in [3.63, 3.8) is 0 Å². The third-order valence-electron chi connectivity index (χ3n) is 1.84. The van der Waals surface area contributed by atoms with Crippen LogP contribution in [0.1, 0.15) is 54.4 Å². The molecule has 1 N–H and O–H groups in total. The number of rotatable bonds is 3. The predicted octanol–water partition coefficient (Wildman–Crippen LogP) is 6.28. The van der Waals surface area contributed by atoms with E-state index in [0.717, 1.165) is 0 Å². The van der Waals surface area contributed by atoms with Gasteiger partial charge in [0.15, 0.2) is 0 Å². The van der Waals surface area contributed by atoms with Gasteiger partial charge in [0, 0.05) is 0 Å². The van der Waals surface area contributed by atoms with Crippen LogP contribution in [0.4, 0.5) is 0 Å². The second-order valence-corrected chi connectivity index (χ2v) is 3.60. The Kier molecular flexibility index (Phi) is 36.7. The molecule has 0 fully saturated rings. The van der Waals surface area contributed by atoms with Gasteiger partial charge in [0.25, 0.3) is 0 Å². The van der Waals surface area contributed by atoms with Gasteiger partial charge in [-0.3, -0.25) is 0 Å². The Labute approximate surface area is 124 Å². The lowest BCUT2D eigenvalue weighted by atomic mass is 10.1. The standard InChI is InChI=1S/C7H14.C4H6Cl2O.C2H6.C2H2/c1-4-7(5-2)6-3;1-3(6)4(7)2-5;2*1-2/h4H,5-6H2,1-3H3;7H,2H2,1H3;1-2H3;1-2H/b;4-3-;;.